The number of thiophene rings is 1. The molecule has 1 saturated heterocycles. The lowest BCUT2D eigenvalue weighted by molar-refractivity contribution is -0.0327. The fourth-order valence-electron chi connectivity index (χ4n) is 5.39. The lowest BCUT2D eigenvalue weighted by atomic mass is 9.98. The van der Waals surface area contributed by atoms with Crippen molar-refractivity contribution in [3.63, 3.8) is 0 Å². The van der Waals surface area contributed by atoms with Crippen LogP contribution in [0.4, 0.5) is 0 Å². The SMILES string of the molecule is COc1cc(C(O)N2C[C@H](N)CC[C@@H]2C#N)cc2nc(-c3cc4ccsc4n3CC3CC3)n(C)c12. The van der Waals surface area contributed by atoms with Crippen molar-refractivity contribution in [2.24, 2.45) is 18.7 Å². The van der Waals surface area contributed by atoms with Gasteiger partial charge in [-0.1, -0.05) is 0 Å². The van der Waals surface area contributed by atoms with Crippen LogP contribution in [0.15, 0.2) is 29.6 Å². The van der Waals surface area contributed by atoms with Crippen molar-refractivity contribution in [1.29, 1.82) is 5.26 Å². The van der Waals surface area contributed by atoms with Crippen molar-refractivity contribution in [2.45, 2.75) is 50.5 Å². The molecule has 9 heteroatoms. The lowest BCUT2D eigenvalue weighted by Crippen LogP contribution is -2.49. The quantitative estimate of drug-likeness (QED) is 0.424. The van der Waals surface area contributed by atoms with Crippen LogP contribution in [0.1, 0.15) is 37.5 Å². The topological polar surface area (TPSA) is 105 Å². The van der Waals surface area contributed by atoms with Gasteiger partial charge in [-0.15, -0.1) is 11.3 Å². The fourth-order valence-corrected chi connectivity index (χ4v) is 6.30. The summed E-state index contributed by atoms with van der Waals surface area (Å²) in [5.41, 5.74) is 9.56. The number of imidazole rings is 1. The molecule has 2 aliphatic rings. The maximum absolute atomic E-state index is 11.3. The van der Waals surface area contributed by atoms with E-state index in [1.54, 1.807) is 23.3 Å². The standard InChI is InChI=1S/C26H30N6O2S/c1-30-23-20(29-24(30)21-10-16-7-8-35-26(16)32(21)13-15-3-4-15)9-17(11-22(23)34-2)25(33)31-14-18(28)5-6-19(31)12-27/h7-11,15,18-19,25,33H,3-6,13-14,28H2,1-2H3/t18-,19-,25?/m1/s1. The molecule has 0 bridgehead atoms. The average molecular weight is 491 g/mol. The first-order valence-corrected chi connectivity index (χ1v) is 13.1. The summed E-state index contributed by atoms with van der Waals surface area (Å²) in [7, 11) is 3.65. The van der Waals surface area contributed by atoms with Crippen molar-refractivity contribution >= 4 is 32.6 Å². The van der Waals surface area contributed by atoms with Gasteiger partial charge in [-0.3, -0.25) is 4.90 Å². The Morgan fingerprint density at radius 3 is 2.86 bits per heavy atom. The number of ether oxygens (including phenoxy) is 1. The normalized spacial score (nSPS) is 22.0. The third-order valence-corrected chi connectivity index (χ3v) is 8.42. The Bertz CT molecular complexity index is 1440. The third-order valence-electron chi connectivity index (χ3n) is 7.46. The van der Waals surface area contributed by atoms with Crippen LogP contribution in [0, 0.1) is 17.2 Å². The molecule has 35 heavy (non-hydrogen) atoms. The molecule has 1 unspecified atom stereocenters. The molecule has 0 spiro atoms. The first kappa shape index (κ1) is 22.6. The molecule has 182 valence electrons. The number of hydrogen-bond donors (Lipinski definition) is 2. The van der Waals surface area contributed by atoms with E-state index in [4.69, 9.17) is 15.5 Å². The molecule has 4 heterocycles. The van der Waals surface area contributed by atoms with Crippen LogP contribution >= 0.6 is 11.3 Å². The van der Waals surface area contributed by atoms with E-state index in [-0.39, 0.29) is 12.1 Å². The summed E-state index contributed by atoms with van der Waals surface area (Å²) in [6.45, 7) is 1.48. The van der Waals surface area contributed by atoms with Gasteiger partial charge in [0.2, 0.25) is 0 Å². The molecule has 1 saturated carbocycles. The number of fused-ring (bicyclic) bond motifs is 2. The minimum Gasteiger partial charge on any atom is -0.494 e. The molecular formula is C26H30N6O2S. The molecular weight excluding hydrogens is 460 g/mol. The van der Waals surface area contributed by atoms with E-state index in [1.165, 1.54) is 23.1 Å². The number of piperidine rings is 1. The summed E-state index contributed by atoms with van der Waals surface area (Å²) < 4.78 is 10.3. The van der Waals surface area contributed by atoms with E-state index in [9.17, 15) is 10.4 Å². The number of methoxy groups -OCH3 is 1. The van der Waals surface area contributed by atoms with E-state index in [1.807, 2.05) is 19.2 Å². The summed E-state index contributed by atoms with van der Waals surface area (Å²) in [4.78, 5) is 8.11. The van der Waals surface area contributed by atoms with Gasteiger partial charge in [0.15, 0.2) is 5.82 Å². The number of benzene rings is 1. The maximum Gasteiger partial charge on any atom is 0.157 e. The molecule has 1 aliphatic heterocycles. The van der Waals surface area contributed by atoms with Crippen molar-refractivity contribution in [2.75, 3.05) is 13.7 Å². The van der Waals surface area contributed by atoms with Gasteiger partial charge >= 0.3 is 0 Å². The summed E-state index contributed by atoms with van der Waals surface area (Å²) in [6.07, 6.45) is 3.04. The van der Waals surface area contributed by atoms with Gasteiger partial charge in [-0.2, -0.15) is 5.26 Å². The molecule has 0 amide bonds. The summed E-state index contributed by atoms with van der Waals surface area (Å²) in [6, 6.07) is 10.1. The number of rotatable bonds is 6. The van der Waals surface area contributed by atoms with Gasteiger partial charge in [0.25, 0.3) is 0 Å². The zero-order valence-corrected chi connectivity index (χ0v) is 20.8. The molecule has 3 N–H and O–H groups in total. The average Bonchev–Trinajstić information content (AvgIpc) is 3.31. The molecule has 1 aromatic carbocycles. The van der Waals surface area contributed by atoms with E-state index in [2.05, 4.69) is 32.7 Å². The fraction of sp³-hybridized carbons (Fsp3) is 0.462. The molecule has 8 nitrogen and oxygen atoms in total. The third kappa shape index (κ3) is 3.81. The minimum atomic E-state index is -0.959. The summed E-state index contributed by atoms with van der Waals surface area (Å²) in [5.74, 6) is 2.26. The number of aromatic nitrogens is 3. The Morgan fingerprint density at radius 2 is 2.11 bits per heavy atom. The zero-order valence-electron chi connectivity index (χ0n) is 20.0. The van der Waals surface area contributed by atoms with Crippen molar-refractivity contribution < 1.29 is 9.84 Å². The maximum atomic E-state index is 11.3. The lowest BCUT2D eigenvalue weighted by Gasteiger charge is -2.38. The second-order valence-corrected chi connectivity index (χ2v) is 10.8. The Hall–Kier alpha value is -2.90. The number of nitrogens with two attached hydrogens (primary N) is 1. The number of nitrogens with zero attached hydrogens (tertiary/aromatic N) is 5. The van der Waals surface area contributed by atoms with E-state index in [0.717, 1.165) is 41.4 Å². The zero-order chi connectivity index (χ0) is 24.3. The highest BCUT2D eigenvalue weighted by Gasteiger charge is 2.33. The predicted molar refractivity (Wildman–Crippen MR) is 137 cm³/mol. The number of aryl methyl sites for hydroxylation is 1. The number of aliphatic hydroxyl groups excluding tert-OH is 1. The van der Waals surface area contributed by atoms with Gasteiger partial charge in [-0.05, 0) is 61.2 Å². The molecule has 4 aromatic rings. The van der Waals surface area contributed by atoms with Crippen LogP contribution in [0.25, 0.3) is 32.8 Å². The highest BCUT2D eigenvalue weighted by atomic mass is 32.1. The Balaban J connectivity index is 1.45. The minimum absolute atomic E-state index is 0.0607. The molecule has 3 atom stereocenters. The number of aliphatic hydroxyl groups is 1. The van der Waals surface area contributed by atoms with Gasteiger partial charge in [0, 0.05) is 37.1 Å². The van der Waals surface area contributed by atoms with Crippen LogP contribution in [-0.4, -0.2) is 49.9 Å². The second kappa shape index (κ2) is 8.64. The number of nitriles is 1. The highest BCUT2D eigenvalue weighted by molar-refractivity contribution is 7.16. The highest BCUT2D eigenvalue weighted by Crippen LogP contribution is 2.40. The molecule has 0 radical (unpaired) electrons. The molecule has 6 rings (SSSR count). The first-order chi connectivity index (χ1) is 17.0. The van der Waals surface area contributed by atoms with Crippen molar-refractivity contribution in [3.8, 4) is 23.3 Å². The first-order valence-electron chi connectivity index (χ1n) is 12.2. The van der Waals surface area contributed by atoms with Gasteiger partial charge < -0.3 is 24.7 Å². The van der Waals surface area contributed by atoms with E-state index < -0.39 is 6.23 Å². The van der Waals surface area contributed by atoms with Gasteiger partial charge in [0.05, 0.1) is 24.4 Å². The predicted octanol–water partition coefficient (Wildman–Crippen LogP) is 3.98. The van der Waals surface area contributed by atoms with Crippen LogP contribution in [0.2, 0.25) is 0 Å². The Labute approximate surface area is 208 Å². The molecule has 2 fully saturated rings. The van der Waals surface area contributed by atoms with Crippen molar-refractivity contribution in [1.82, 2.24) is 19.0 Å². The van der Waals surface area contributed by atoms with Gasteiger partial charge in [-0.25, -0.2) is 4.98 Å². The Morgan fingerprint density at radius 1 is 1.29 bits per heavy atom. The van der Waals surface area contributed by atoms with Crippen LogP contribution in [0.3, 0.4) is 0 Å². The summed E-state index contributed by atoms with van der Waals surface area (Å²) in [5, 5.41) is 24.3. The summed E-state index contributed by atoms with van der Waals surface area (Å²) >= 11 is 1.77. The van der Waals surface area contributed by atoms with Crippen LogP contribution < -0.4 is 10.5 Å². The molecule has 3 aromatic heterocycles. The molecule has 1 aliphatic carbocycles. The van der Waals surface area contributed by atoms with Crippen LogP contribution in [0.5, 0.6) is 5.75 Å². The number of hydrogen-bond acceptors (Lipinski definition) is 7. The van der Waals surface area contributed by atoms with E-state index >= 15 is 0 Å². The van der Waals surface area contributed by atoms with E-state index in [0.29, 0.717) is 24.3 Å². The van der Waals surface area contributed by atoms with Crippen LogP contribution in [-0.2, 0) is 13.6 Å². The monoisotopic (exact) mass is 490 g/mol. The second-order valence-electron chi connectivity index (χ2n) is 9.90. The largest absolute Gasteiger partial charge is 0.494 e. The van der Waals surface area contributed by atoms with Gasteiger partial charge in [0.1, 0.15) is 28.4 Å². The Kier molecular flexibility index (Phi) is 5.57. The smallest absolute Gasteiger partial charge is 0.157 e. The number of likely N-dealkylation sites (tertiary alicyclic amines) is 1. The van der Waals surface area contributed by atoms with Crippen molar-refractivity contribution in [3.05, 3.63) is 35.2 Å².